The quantitative estimate of drug-likeness (QED) is 0.876. The lowest BCUT2D eigenvalue weighted by Crippen LogP contribution is -1.93. The first kappa shape index (κ1) is 14.7. The zero-order valence-electron chi connectivity index (χ0n) is 11.6. The van der Waals surface area contributed by atoms with Crippen LogP contribution < -0.4 is 4.74 Å². The van der Waals surface area contributed by atoms with Crippen LogP contribution in [0.4, 0.5) is 4.39 Å². The summed E-state index contributed by atoms with van der Waals surface area (Å²) < 4.78 is 18.7. The average molecular weight is 287 g/mol. The number of carboxylic acids is 1. The van der Waals surface area contributed by atoms with Gasteiger partial charge in [0.25, 0.3) is 0 Å². The number of carboxylic acid groups (broad SMARTS) is 1. The number of pyridine rings is 1. The molecule has 1 aromatic carbocycles. The molecule has 21 heavy (non-hydrogen) atoms. The van der Waals surface area contributed by atoms with Gasteiger partial charge in [-0.2, -0.15) is 0 Å². The van der Waals surface area contributed by atoms with E-state index in [9.17, 15) is 9.18 Å². The fourth-order valence-electron chi connectivity index (χ4n) is 1.98. The minimum absolute atomic E-state index is 0.381. The summed E-state index contributed by atoms with van der Waals surface area (Å²) in [6.45, 7) is 1.68. The highest BCUT2D eigenvalue weighted by molar-refractivity contribution is 5.89. The molecule has 0 bridgehead atoms. The number of aromatic nitrogens is 1. The maximum absolute atomic E-state index is 13.4. The fraction of sp³-hybridized carbons (Fsp3) is 0.125. The van der Waals surface area contributed by atoms with Gasteiger partial charge in [-0.25, -0.2) is 9.18 Å². The van der Waals surface area contributed by atoms with Crippen LogP contribution in [-0.4, -0.2) is 23.2 Å². The molecule has 0 fully saturated rings. The lowest BCUT2D eigenvalue weighted by atomic mass is 10.0. The van der Waals surface area contributed by atoms with E-state index < -0.39 is 5.97 Å². The number of aliphatic carboxylic acids is 1. The summed E-state index contributed by atoms with van der Waals surface area (Å²) in [6.07, 6.45) is 4.24. The molecule has 0 amide bonds. The first-order chi connectivity index (χ1) is 10.0. The molecule has 0 unspecified atom stereocenters. The van der Waals surface area contributed by atoms with Gasteiger partial charge in [-0.15, -0.1) is 0 Å². The number of carbonyl (C=O) groups is 1. The summed E-state index contributed by atoms with van der Waals surface area (Å²) in [4.78, 5) is 14.8. The Morgan fingerprint density at radius 1 is 1.33 bits per heavy atom. The van der Waals surface area contributed by atoms with E-state index in [0.717, 1.165) is 6.08 Å². The summed E-state index contributed by atoms with van der Waals surface area (Å²) in [5.74, 6) is -0.884. The standard InChI is InChI=1S/C16H14FNO3/c1-10(5-16(19)20)11-6-12(9-18-8-11)14-7-13(17)3-4-15(14)21-2/h3-9H,1-2H3,(H,19,20)/b10-5+. The normalized spacial score (nSPS) is 11.3. The van der Waals surface area contributed by atoms with Gasteiger partial charge in [0.1, 0.15) is 11.6 Å². The van der Waals surface area contributed by atoms with Crippen molar-refractivity contribution in [2.75, 3.05) is 7.11 Å². The van der Waals surface area contributed by atoms with Crippen LogP contribution in [0, 0.1) is 5.82 Å². The Balaban J connectivity index is 2.52. The van der Waals surface area contributed by atoms with Gasteiger partial charge in [0.15, 0.2) is 0 Å². The second-order valence-corrected chi connectivity index (χ2v) is 4.47. The number of ether oxygens (including phenoxy) is 1. The monoisotopic (exact) mass is 287 g/mol. The molecule has 0 saturated carbocycles. The maximum atomic E-state index is 13.4. The van der Waals surface area contributed by atoms with Gasteiger partial charge in [-0.05, 0) is 42.3 Å². The predicted molar refractivity (Wildman–Crippen MR) is 77.5 cm³/mol. The maximum Gasteiger partial charge on any atom is 0.328 e. The summed E-state index contributed by atoms with van der Waals surface area (Å²) in [5, 5.41) is 8.78. The number of rotatable bonds is 4. The molecule has 1 aromatic heterocycles. The molecule has 4 nitrogen and oxygen atoms in total. The smallest absolute Gasteiger partial charge is 0.328 e. The van der Waals surface area contributed by atoms with Crippen molar-refractivity contribution in [3.05, 3.63) is 54.1 Å². The number of halogens is 1. The fourth-order valence-corrected chi connectivity index (χ4v) is 1.98. The van der Waals surface area contributed by atoms with Crippen LogP contribution in [0.5, 0.6) is 5.75 Å². The highest BCUT2D eigenvalue weighted by atomic mass is 19.1. The predicted octanol–water partition coefficient (Wildman–Crippen LogP) is 3.38. The molecule has 2 rings (SSSR count). The molecule has 0 aliphatic heterocycles. The van der Waals surface area contributed by atoms with Crippen LogP contribution in [-0.2, 0) is 4.79 Å². The van der Waals surface area contributed by atoms with Crippen LogP contribution in [0.15, 0.2) is 42.7 Å². The molecular weight excluding hydrogens is 273 g/mol. The van der Waals surface area contributed by atoms with Crippen molar-refractivity contribution in [3.8, 4) is 16.9 Å². The van der Waals surface area contributed by atoms with Crippen LogP contribution in [0.1, 0.15) is 12.5 Å². The van der Waals surface area contributed by atoms with Crippen LogP contribution in [0.2, 0.25) is 0 Å². The van der Waals surface area contributed by atoms with Gasteiger partial charge in [-0.3, -0.25) is 4.98 Å². The van der Waals surface area contributed by atoms with Crippen molar-refractivity contribution in [2.45, 2.75) is 6.92 Å². The number of allylic oxidation sites excluding steroid dienone is 1. The molecule has 108 valence electrons. The summed E-state index contributed by atoms with van der Waals surface area (Å²) >= 11 is 0. The molecule has 0 saturated heterocycles. The van der Waals surface area contributed by atoms with Crippen molar-refractivity contribution in [2.24, 2.45) is 0 Å². The molecule has 1 heterocycles. The largest absolute Gasteiger partial charge is 0.496 e. The zero-order chi connectivity index (χ0) is 15.4. The van der Waals surface area contributed by atoms with E-state index >= 15 is 0 Å². The van der Waals surface area contributed by atoms with Gasteiger partial charge in [0, 0.05) is 29.6 Å². The van der Waals surface area contributed by atoms with E-state index in [0.29, 0.717) is 28.0 Å². The number of benzene rings is 1. The van der Waals surface area contributed by atoms with E-state index in [1.54, 1.807) is 25.4 Å². The Hall–Kier alpha value is -2.69. The van der Waals surface area contributed by atoms with E-state index in [2.05, 4.69) is 4.98 Å². The number of methoxy groups -OCH3 is 1. The van der Waals surface area contributed by atoms with Gasteiger partial charge in [0.05, 0.1) is 7.11 Å². The first-order valence-corrected chi connectivity index (χ1v) is 6.22. The highest BCUT2D eigenvalue weighted by Crippen LogP contribution is 2.31. The van der Waals surface area contributed by atoms with Crippen molar-refractivity contribution in [1.82, 2.24) is 4.98 Å². The Morgan fingerprint density at radius 2 is 2.10 bits per heavy atom. The third kappa shape index (κ3) is 3.45. The zero-order valence-corrected chi connectivity index (χ0v) is 11.6. The minimum Gasteiger partial charge on any atom is -0.496 e. The van der Waals surface area contributed by atoms with Crippen molar-refractivity contribution in [1.29, 1.82) is 0 Å². The van der Waals surface area contributed by atoms with Gasteiger partial charge < -0.3 is 9.84 Å². The van der Waals surface area contributed by atoms with Crippen molar-refractivity contribution in [3.63, 3.8) is 0 Å². The number of hydrogen-bond acceptors (Lipinski definition) is 3. The molecule has 2 aromatic rings. The molecule has 5 heteroatoms. The Bertz CT molecular complexity index is 710. The van der Waals surface area contributed by atoms with Gasteiger partial charge >= 0.3 is 5.97 Å². The third-order valence-electron chi connectivity index (χ3n) is 3.01. The summed E-state index contributed by atoms with van der Waals surface area (Å²) in [7, 11) is 1.50. The summed E-state index contributed by atoms with van der Waals surface area (Å²) in [5.41, 5.74) is 2.44. The molecular formula is C16H14FNO3. The molecule has 0 spiro atoms. The molecule has 0 atom stereocenters. The van der Waals surface area contributed by atoms with Crippen LogP contribution in [0.25, 0.3) is 16.7 Å². The van der Waals surface area contributed by atoms with Crippen molar-refractivity contribution < 1.29 is 19.0 Å². The Morgan fingerprint density at radius 3 is 2.76 bits per heavy atom. The topological polar surface area (TPSA) is 59.4 Å². The van der Waals surface area contributed by atoms with Crippen LogP contribution >= 0.6 is 0 Å². The SMILES string of the molecule is COc1ccc(F)cc1-c1cncc(/C(C)=C/C(=O)O)c1. The Kier molecular flexibility index (Phi) is 4.33. The van der Waals surface area contributed by atoms with E-state index in [-0.39, 0.29) is 5.82 Å². The first-order valence-electron chi connectivity index (χ1n) is 6.22. The van der Waals surface area contributed by atoms with Gasteiger partial charge in [0.2, 0.25) is 0 Å². The highest BCUT2D eigenvalue weighted by Gasteiger charge is 2.09. The lowest BCUT2D eigenvalue weighted by molar-refractivity contribution is -0.131. The third-order valence-corrected chi connectivity index (χ3v) is 3.01. The minimum atomic E-state index is -1.03. The average Bonchev–Trinajstić information content (AvgIpc) is 2.46. The van der Waals surface area contributed by atoms with Crippen LogP contribution in [0.3, 0.4) is 0 Å². The van der Waals surface area contributed by atoms with E-state index in [1.807, 2.05) is 0 Å². The van der Waals surface area contributed by atoms with Crippen molar-refractivity contribution >= 4 is 11.5 Å². The Labute approximate surface area is 121 Å². The van der Waals surface area contributed by atoms with E-state index in [1.165, 1.54) is 25.3 Å². The van der Waals surface area contributed by atoms with E-state index in [4.69, 9.17) is 9.84 Å². The second-order valence-electron chi connectivity index (χ2n) is 4.47. The molecule has 0 radical (unpaired) electrons. The molecule has 1 N–H and O–H groups in total. The summed E-state index contributed by atoms with van der Waals surface area (Å²) in [6, 6.07) is 5.96. The second kappa shape index (κ2) is 6.17. The van der Waals surface area contributed by atoms with Gasteiger partial charge in [-0.1, -0.05) is 0 Å². The number of nitrogens with zero attached hydrogens (tertiary/aromatic N) is 1. The lowest BCUT2D eigenvalue weighted by Gasteiger charge is -2.10. The molecule has 0 aliphatic rings. The molecule has 0 aliphatic carbocycles. The number of hydrogen-bond donors (Lipinski definition) is 1.